The van der Waals surface area contributed by atoms with E-state index in [0.717, 1.165) is 35.0 Å². The van der Waals surface area contributed by atoms with E-state index in [0.29, 0.717) is 27.9 Å². The number of thiophene rings is 1. The van der Waals surface area contributed by atoms with Gasteiger partial charge in [0.2, 0.25) is 0 Å². The molecule has 0 aliphatic heterocycles. The predicted molar refractivity (Wildman–Crippen MR) is 114 cm³/mol. The Balaban J connectivity index is 1.41. The molecular formula is C19H17N3O4S3. The number of hydrogen-bond acceptors (Lipinski definition) is 8. The van der Waals surface area contributed by atoms with Gasteiger partial charge in [-0.2, -0.15) is 0 Å². The Hall–Kier alpha value is -2.17. The molecule has 0 radical (unpaired) electrons. The average Bonchev–Trinajstić information content (AvgIpc) is 3.39. The number of H-pyrrole nitrogens is 1. The summed E-state index contributed by atoms with van der Waals surface area (Å²) in [6.07, 6.45) is 3.08. The monoisotopic (exact) mass is 447 g/mol. The molecule has 5 rings (SSSR count). The van der Waals surface area contributed by atoms with Crippen molar-refractivity contribution in [3.8, 4) is 0 Å². The molecule has 7 nitrogen and oxygen atoms in total. The minimum absolute atomic E-state index is 0.0334. The summed E-state index contributed by atoms with van der Waals surface area (Å²) in [5, 5.41) is 1.14. The summed E-state index contributed by atoms with van der Waals surface area (Å²) in [5.41, 5.74) is 2.09. The van der Waals surface area contributed by atoms with Gasteiger partial charge in [0.1, 0.15) is 16.2 Å². The molecular weight excluding hydrogens is 430 g/mol. The van der Waals surface area contributed by atoms with Crippen molar-refractivity contribution in [2.24, 2.45) is 0 Å². The zero-order valence-electron chi connectivity index (χ0n) is 15.5. The van der Waals surface area contributed by atoms with Crippen molar-refractivity contribution in [1.82, 2.24) is 15.0 Å². The predicted octanol–water partition coefficient (Wildman–Crippen LogP) is 3.70. The van der Waals surface area contributed by atoms with Gasteiger partial charge < -0.3 is 9.40 Å². The lowest BCUT2D eigenvalue weighted by Crippen LogP contribution is -2.11. The Labute approximate surface area is 174 Å². The second-order valence-electron chi connectivity index (χ2n) is 6.85. The molecule has 1 aliphatic rings. The Morgan fingerprint density at radius 1 is 1.28 bits per heavy atom. The van der Waals surface area contributed by atoms with Crippen molar-refractivity contribution in [2.75, 3.05) is 5.75 Å². The Morgan fingerprint density at radius 3 is 2.97 bits per heavy atom. The van der Waals surface area contributed by atoms with Crippen LogP contribution in [0.5, 0.6) is 0 Å². The van der Waals surface area contributed by atoms with E-state index in [4.69, 9.17) is 4.42 Å². The molecule has 1 aliphatic carbocycles. The van der Waals surface area contributed by atoms with E-state index < -0.39 is 9.84 Å². The molecule has 1 N–H and O–H groups in total. The van der Waals surface area contributed by atoms with Crippen LogP contribution in [0.15, 0.2) is 37.5 Å². The first-order valence-corrected chi connectivity index (χ1v) is 12.7. The molecule has 29 heavy (non-hydrogen) atoms. The Kier molecular flexibility index (Phi) is 4.52. The first kappa shape index (κ1) is 18.8. The average molecular weight is 448 g/mol. The maximum absolute atomic E-state index is 12.5. The summed E-state index contributed by atoms with van der Waals surface area (Å²) in [6.45, 7) is 1.61. The topological polar surface area (TPSA) is 106 Å². The molecule has 1 aromatic carbocycles. The molecule has 0 spiro atoms. The van der Waals surface area contributed by atoms with Crippen LogP contribution in [-0.4, -0.2) is 29.1 Å². The lowest BCUT2D eigenvalue weighted by molar-refractivity contribution is 0.489. The lowest BCUT2D eigenvalue weighted by atomic mass is 10.2. The minimum atomic E-state index is -3.30. The van der Waals surface area contributed by atoms with Crippen molar-refractivity contribution in [2.45, 2.75) is 42.1 Å². The van der Waals surface area contributed by atoms with Crippen LogP contribution in [0, 0.1) is 0 Å². The number of hydrogen-bond donors (Lipinski definition) is 1. The van der Waals surface area contributed by atoms with Crippen LogP contribution in [0.3, 0.4) is 0 Å². The van der Waals surface area contributed by atoms with Crippen LogP contribution in [0.25, 0.3) is 21.3 Å². The molecule has 0 fully saturated rings. The minimum Gasteiger partial charge on any atom is -0.431 e. The molecule has 4 aromatic rings. The maximum atomic E-state index is 12.5. The first-order chi connectivity index (χ1) is 13.9. The van der Waals surface area contributed by atoms with Crippen molar-refractivity contribution in [3.63, 3.8) is 0 Å². The van der Waals surface area contributed by atoms with Crippen LogP contribution in [0.4, 0.5) is 0 Å². The van der Waals surface area contributed by atoms with Crippen LogP contribution >= 0.6 is 23.1 Å². The van der Waals surface area contributed by atoms with Gasteiger partial charge in [-0.15, -0.1) is 11.3 Å². The highest BCUT2D eigenvalue weighted by Gasteiger charge is 2.21. The third-order valence-electron chi connectivity index (χ3n) is 5.04. The van der Waals surface area contributed by atoms with E-state index >= 15 is 0 Å². The largest absolute Gasteiger partial charge is 0.431 e. The summed E-state index contributed by atoms with van der Waals surface area (Å²) >= 11 is 2.92. The van der Waals surface area contributed by atoms with Gasteiger partial charge in [0.05, 0.1) is 21.8 Å². The molecule has 0 atom stereocenters. The van der Waals surface area contributed by atoms with Crippen LogP contribution in [0.2, 0.25) is 0 Å². The SMILES string of the molecule is CCS(=O)(=O)c1ccc2oc(SCc3nc4sc5c(c4c(=O)[nH]3)CCC5)nc2c1. The van der Waals surface area contributed by atoms with Gasteiger partial charge in [0.15, 0.2) is 15.4 Å². The van der Waals surface area contributed by atoms with E-state index in [9.17, 15) is 13.2 Å². The second kappa shape index (κ2) is 6.96. The molecule has 0 saturated heterocycles. The Morgan fingerprint density at radius 2 is 2.14 bits per heavy atom. The molecule has 3 aromatic heterocycles. The number of benzene rings is 1. The van der Waals surface area contributed by atoms with Gasteiger partial charge in [-0.05, 0) is 43.0 Å². The fourth-order valence-electron chi connectivity index (χ4n) is 3.55. The number of fused-ring (bicyclic) bond motifs is 4. The maximum Gasteiger partial charge on any atom is 0.259 e. The molecule has 10 heteroatoms. The second-order valence-corrected chi connectivity index (χ2v) is 11.1. The third-order valence-corrected chi connectivity index (χ3v) is 8.79. The van der Waals surface area contributed by atoms with Crippen LogP contribution < -0.4 is 5.56 Å². The summed E-state index contributed by atoms with van der Waals surface area (Å²) in [5.74, 6) is 1.01. The number of thioether (sulfide) groups is 1. The summed E-state index contributed by atoms with van der Waals surface area (Å²) < 4.78 is 29.8. The van der Waals surface area contributed by atoms with Crippen molar-refractivity contribution < 1.29 is 12.8 Å². The van der Waals surface area contributed by atoms with Crippen molar-refractivity contribution in [3.05, 3.63) is 44.8 Å². The summed E-state index contributed by atoms with van der Waals surface area (Å²) in [6, 6.07) is 4.68. The van der Waals surface area contributed by atoms with Gasteiger partial charge in [0.25, 0.3) is 10.8 Å². The van der Waals surface area contributed by atoms with Gasteiger partial charge in [-0.1, -0.05) is 18.7 Å². The number of aryl methyl sites for hydroxylation is 2. The van der Waals surface area contributed by atoms with Crippen molar-refractivity contribution >= 4 is 54.3 Å². The summed E-state index contributed by atoms with van der Waals surface area (Å²) in [4.78, 5) is 26.7. The zero-order chi connectivity index (χ0) is 20.2. The first-order valence-electron chi connectivity index (χ1n) is 9.24. The van der Waals surface area contributed by atoms with Crippen molar-refractivity contribution in [1.29, 1.82) is 0 Å². The molecule has 150 valence electrons. The number of sulfone groups is 1. The smallest absolute Gasteiger partial charge is 0.259 e. The number of oxazole rings is 1. The van der Waals surface area contributed by atoms with E-state index in [1.165, 1.54) is 28.8 Å². The third kappa shape index (κ3) is 3.28. The van der Waals surface area contributed by atoms with Gasteiger partial charge in [0, 0.05) is 4.88 Å². The van der Waals surface area contributed by atoms with Gasteiger partial charge in [-0.3, -0.25) is 4.79 Å². The van der Waals surface area contributed by atoms with Gasteiger partial charge in [-0.25, -0.2) is 18.4 Å². The molecule has 0 unspecified atom stereocenters. The zero-order valence-corrected chi connectivity index (χ0v) is 18.0. The number of nitrogens with zero attached hydrogens (tertiary/aromatic N) is 2. The number of nitrogens with one attached hydrogen (secondary N) is 1. The Bertz CT molecular complexity index is 1420. The number of rotatable bonds is 5. The molecule has 0 amide bonds. The van der Waals surface area contributed by atoms with Gasteiger partial charge >= 0.3 is 0 Å². The molecule has 0 bridgehead atoms. The standard InChI is InChI=1S/C19H17N3O4S3/c1-2-29(24,25)10-6-7-13-12(8-10)20-19(26-13)27-9-15-21-17(23)16-11-4-3-5-14(11)28-18(16)22-15/h6-8H,2-5,9H2,1H3,(H,21,22,23). The molecule has 3 heterocycles. The normalized spacial score (nSPS) is 14.1. The summed E-state index contributed by atoms with van der Waals surface area (Å²) in [7, 11) is -3.30. The highest BCUT2D eigenvalue weighted by Crippen LogP contribution is 2.35. The fourth-order valence-corrected chi connectivity index (χ4v) is 6.44. The quantitative estimate of drug-likeness (QED) is 0.465. The van der Waals surface area contributed by atoms with Crippen LogP contribution in [0.1, 0.15) is 29.6 Å². The van der Waals surface area contributed by atoms with Crippen LogP contribution in [-0.2, 0) is 28.4 Å². The number of aromatic amines is 1. The fraction of sp³-hybridized carbons (Fsp3) is 0.316. The molecule has 0 saturated carbocycles. The lowest BCUT2D eigenvalue weighted by Gasteiger charge is -1.99. The number of aromatic nitrogens is 3. The highest BCUT2D eigenvalue weighted by molar-refractivity contribution is 7.98. The van der Waals surface area contributed by atoms with E-state index in [-0.39, 0.29) is 16.2 Å². The highest BCUT2D eigenvalue weighted by atomic mass is 32.2. The van der Waals surface area contributed by atoms with E-state index in [1.54, 1.807) is 24.3 Å². The van der Waals surface area contributed by atoms with E-state index in [1.807, 2.05) is 0 Å². The van der Waals surface area contributed by atoms with E-state index in [2.05, 4.69) is 15.0 Å².